The predicted octanol–water partition coefficient (Wildman–Crippen LogP) is 5.96. The van der Waals surface area contributed by atoms with Crippen LogP contribution in [0.3, 0.4) is 0 Å². The van der Waals surface area contributed by atoms with Crippen molar-refractivity contribution in [1.82, 2.24) is 0 Å². The van der Waals surface area contributed by atoms with E-state index in [0.717, 1.165) is 27.6 Å². The topological polar surface area (TPSA) is 34.1 Å². The molecule has 4 atom stereocenters. The highest BCUT2D eigenvalue weighted by molar-refractivity contribution is 7.83. The first-order valence-electron chi connectivity index (χ1n) is 12.2. The molecule has 0 aromatic heterocycles. The van der Waals surface area contributed by atoms with Crippen molar-refractivity contribution >= 4 is 35.5 Å². The Morgan fingerprint density at radius 1 is 0.429 bits per heavy atom. The molecule has 174 valence electrons. The van der Waals surface area contributed by atoms with Crippen molar-refractivity contribution in [2.24, 2.45) is 11.8 Å². The summed E-state index contributed by atoms with van der Waals surface area (Å²) in [4.78, 5) is 0. The Morgan fingerprint density at radius 2 is 0.686 bits per heavy atom. The Kier molecular flexibility index (Phi) is 5.76. The van der Waals surface area contributed by atoms with Crippen LogP contribution in [0.4, 0.5) is 0 Å². The average molecular weight is 495 g/mol. The summed E-state index contributed by atoms with van der Waals surface area (Å²) < 4.78 is 31.1. The summed E-state index contributed by atoms with van der Waals surface area (Å²) in [5.41, 5.74) is -0.456. The molecule has 0 unspecified atom stereocenters. The Labute approximate surface area is 207 Å². The third-order valence-electron chi connectivity index (χ3n) is 7.78. The molecular formula is C31H28O2P2. The highest BCUT2D eigenvalue weighted by Gasteiger charge is 2.60. The Bertz CT molecular complexity index is 1230. The van der Waals surface area contributed by atoms with Crippen LogP contribution in [-0.4, -0.2) is 11.3 Å². The lowest BCUT2D eigenvalue weighted by Crippen LogP contribution is -2.41. The fraction of sp³-hybridized carbons (Fsp3) is 0.161. The Hall–Kier alpha value is -2.92. The van der Waals surface area contributed by atoms with Gasteiger partial charge in [-0.1, -0.05) is 133 Å². The van der Waals surface area contributed by atoms with Crippen molar-refractivity contribution in [2.45, 2.75) is 17.7 Å². The molecule has 0 N–H and O–H groups in total. The van der Waals surface area contributed by atoms with Gasteiger partial charge in [-0.2, -0.15) is 0 Å². The van der Waals surface area contributed by atoms with Gasteiger partial charge >= 0.3 is 0 Å². The van der Waals surface area contributed by atoms with Gasteiger partial charge in [0.2, 0.25) is 0 Å². The second-order valence-corrected chi connectivity index (χ2v) is 15.5. The van der Waals surface area contributed by atoms with Crippen molar-refractivity contribution < 1.29 is 9.13 Å². The standard InChI is InChI=1S/C31H28O2P2/c32-34(26-13-5-1-6-14-26,27-15-7-2-8-16-27)30-24-21-22-25(23-24)31(30)35(33,28-17-9-3-10-18-28)29-19-11-4-12-20-29/h1-22,24-25,30-31H,23H2/t24-,25+,30+,31-. The lowest BCUT2D eigenvalue weighted by molar-refractivity contribution is 0.549. The van der Waals surface area contributed by atoms with Crippen LogP contribution in [0.15, 0.2) is 133 Å². The van der Waals surface area contributed by atoms with Gasteiger partial charge in [0, 0.05) is 32.5 Å². The van der Waals surface area contributed by atoms with E-state index >= 15 is 9.13 Å². The van der Waals surface area contributed by atoms with E-state index in [-0.39, 0.29) is 23.2 Å². The molecule has 0 saturated heterocycles. The van der Waals surface area contributed by atoms with E-state index in [1.54, 1.807) is 0 Å². The largest absolute Gasteiger partial charge is 0.313 e. The van der Waals surface area contributed by atoms with Crippen LogP contribution in [0.2, 0.25) is 0 Å². The number of benzene rings is 4. The van der Waals surface area contributed by atoms with E-state index < -0.39 is 14.3 Å². The molecule has 0 spiro atoms. The Morgan fingerprint density at radius 3 is 0.943 bits per heavy atom. The van der Waals surface area contributed by atoms with Crippen LogP contribution < -0.4 is 21.2 Å². The van der Waals surface area contributed by atoms with Gasteiger partial charge in [0.1, 0.15) is 14.3 Å². The number of hydrogen-bond acceptors (Lipinski definition) is 2. The van der Waals surface area contributed by atoms with Gasteiger partial charge in [-0.05, 0) is 18.3 Å². The minimum atomic E-state index is -3.13. The van der Waals surface area contributed by atoms with E-state index in [9.17, 15) is 0 Å². The minimum absolute atomic E-state index is 0.136. The van der Waals surface area contributed by atoms with Gasteiger partial charge in [0.15, 0.2) is 0 Å². The van der Waals surface area contributed by atoms with Crippen LogP contribution >= 0.6 is 14.3 Å². The fourth-order valence-electron chi connectivity index (χ4n) is 6.32. The zero-order chi connectivity index (χ0) is 23.9. The monoisotopic (exact) mass is 494 g/mol. The zero-order valence-electron chi connectivity index (χ0n) is 19.4. The molecule has 2 nitrogen and oxygen atoms in total. The number of allylic oxidation sites excluding steroid dienone is 2. The Balaban J connectivity index is 1.63. The summed E-state index contributed by atoms with van der Waals surface area (Å²) in [7, 11) is -6.26. The molecule has 4 heteroatoms. The fourth-order valence-corrected chi connectivity index (χ4v) is 14.7. The molecule has 4 aromatic rings. The number of hydrogen-bond donors (Lipinski definition) is 0. The molecule has 0 heterocycles. The van der Waals surface area contributed by atoms with Gasteiger partial charge in [-0.25, -0.2) is 0 Å². The first-order valence-corrected chi connectivity index (χ1v) is 15.8. The van der Waals surface area contributed by atoms with Gasteiger partial charge in [0.05, 0.1) is 0 Å². The predicted molar refractivity (Wildman–Crippen MR) is 148 cm³/mol. The summed E-state index contributed by atoms with van der Waals surface area (Å²) in [6.07, 6.45) is 5.39. The third kappa shape index (κ3) is 3.55. The molecule has 2 bridgehead atoms. The van der Waals surface area contributed by atoms with Gasteiger partial charge in [-0.3, -0.25) is 0 Å². The molecule has 0 aliphatic heterocycles. The van der Waals surface area contributed by atoms with E-state index in [4.69, 9.17) is 0 Å². The SMILES string of the molecule is O=P(c1ccccc1)(c1ccccc1)[C@@H]1[C@H](P(=O)(c2ccccc2)c2ccccc2)[C@H]2C=C[C@@H]1C2. The minimum Gasteiger partial charge on any atom is -0.313 e. The maximum absolute atomic E-state index is 15.6. The molecule has 6 rings (SSSR count). The smallest absolute Gasteiger partial charge is 0.147 e. The maximum atomic E-state index is 15.6. The van der Waals surface area contributed by atoms with Crippen LogP contribution in [0.25, 0.3) is 0 Å². The number of rotatable bonds is 6. The normalized spacial score (nSPS) is 23.4. The highest BCUT2D eigenvalue weighted by Crippen LogP contribution is 2.69. The van der Waals surface area contributed by atoms with Gasteiger partial charge in [0.25, 0.3) is 0 Å². The zero-order valence-corrected chi connectivity index (χ0v) is 21.2. The lowest BCUT2D eigenvalue weighted by Gasteiger charge is -2.40. The van der Waals surface area contributed by atoms with Crippen molar-refractivity contribution in [2.75, 3.05) is 0 Å². The molecule has 1 fully saturated rings. The molecule has 2 aliphatic rings. The van der Waals surface area contributed by atoms with Crippen LogP contribution in [0.5, 0.6) is 0 Å². The van der Waals surface area contributed by atoms with Gasteiger partial charge < -0.3 is 9.13 Å². The second kappa shape index (κ2) is 8.94. The third-order valence-corrected chi connectivity index (χ3v) is 15.4. The summed E-state index contributed by atoms with van der Waals surface area (Å²) in [6.45, 7) is 0. The van der Waals surface area contributed by atoms with E-state index in [2.05, 4.69) is 12.2 Å². The van der Waals surface area contributed by atoms with Crippen molar-refractivity contribution in [3.8, 4) is 0 Å². The van der Waals surface area contributed by atoms with Crippen molar-refractivity contribution in [3.63, 3.8) is 0 Å². The highest BCUT2D eigenvalue weighted by atomic mass is 31.2. The van der Waals surface area contributed by atoms with Gasteiger partial charge in [-0.15, -0.1) is 0 Å². The molecule has 2 aliphatic carbocycles. The molecule has 0 amide bonds. The quantitative estimate of drug-likeness (QED) is 0.245. The molecule has 0 radical (unpaired) electrons. The van der Waals surface area contributed by atoms with Crippen molar-refractivity contribution in [1.29, 1.82) is 0 Å². The first kappa shape index (κ1) is 22.5. The first-order chi connectivity index (χ1) is 17.1. The average Bonchev–Trinajstić information content (AvgIpc) is 3.57. The molecule has 35 heavy (non-hydrogen) atoms. The van der Waals surface area contributed by atoms with E-state index in [0.29, 0.717) is 0 Å². The summed E-state index contributed by atoms with van der Waals surface area (Å²) in [6, 6.07) is 39.6. The number of fused-ring (bicyclic) bond motifs is 2. The van der Waals surface area contributed by atoms with E-state index in [1.807, 2.05) is 121 Å². The maximum Gasteiger partial charge on any atom is 0.147 e. The molecular weight excluding hydrogens is 466 g/mol. The molecule has 1 saturated carbocycles. The van der Waals surface area contributed by atoms with Crippen LogP contribution in [-0.2, 0) is 9.13 Å². The van der Waals surface area contributed by atoms with Crippen molar-refractivity contribution in [3.05, 3.63) is 133 Å². The second-order valence-electron chi connectivity index (χ2n) is 9.59. The summed E-state index contributed by atoms with van der Waals surface area (Å²) in [5, 5.41) is 3.43. The lowest BCUT2D eigenvalue weighted by atomic mass is 10.1. The molecule has 4 aromatic carbocycles. The summed E-state index contributed by atoms with van der Waals surface area (Å²) >= 11 is 0. The van der Waals surface area contributed by atoms with Crippen LogP contribution in [0.1, 0.15) is 6.42 Å². The van der Waals surface area contributed by atoms with Crippen LogP contribution in [0, 0.1) is 11.8 Å². The summed E-state index contributed by atoms with van der Waals surface area (Å²) in [5.74, 6) is 0.272. The van der Waals surface area contributed by atoms with E-state index in [1.165, 1.54) is 0 Å².